The quantitative estimate of drug-likeness (QED) is 0.165. The van der Waals surface area contributed by atoms with E-state index >= 15 is 0 Å². The third-order valence-electron chi connectivity index (χ3n) is 11.0. The predicted octanol–water partition coefficient (Wildman–Crippen LogP) is 12.8. The first-order chi connectivity index (χ1) is 25.8. The van der Waals surface area contributed by atoms with E-state index in [0.29, 0.717) is 14.5 Å². The molecule has 242 valence electrons. The molecule has 0 unspecified atom stereocenters. The van der Waals surface area contributed by atoms with Gasteiger partial charge in [0.05, 0.1) is 11.0 Å². The molecule has 0 fully saturated rings. The molecule has 12 aromatic rings. The topological polar surface area (TPSA) is 12.6 Å². The van der Waals surface area contributed by atoms with Crippen molar-refractivity contribution in [1.29, 1.82) is 0 Å². The van der Waals surface area contributed by atoms with Gasteiger partial charge in [-0.05, 0) is 12.1 Å². The first-order valence-electron chi connectivity index (χ1n) is 17.8. The Morgan fingerprint density at radius 1 is 0.365 bits per heavy atom. The van der Waals surface area contributed by atoms with Crippen LogP contribution in [0.1, 0.15) is 0 Å². The number of anilines is 3. The summed E-state index contributed by atoms with van der Waals surface area (Å²) >= 11 is 0.296. The fourth-order valence-electron chi connectivity index (χ4n) is 8.89. The van der Waals surface area contributed by atoms with Crippen molar-refractivity contribution in [2.45, 2.75) is 0 Å². The molecule has 0 N–H and O–H groups in total. The molecule has 4 aromatic heterocycles. The van der Waals surface area contributed by atoms with Gasteiger partial charge < -0.3 is 4.40 Å². The monoisotopic (exact) mass is 727 g/mol. The van der Waals surface area contributed by atoms with Crippen molar-refractivity contribution in [2.75, 3.05) is 4.90 Å². The Labute approximate surface area is 304 Å². The van der Waals surface area contributed by atoms with Crippen LogP contribution in [0.5, 0.6) is 0 Å². The molecule has 0 aliphatic heterocycles. The van der Waals surface area contributed by atoms with Crippen LogP contribution in [0.3, 0.4) is 0 Å². The van der Waals surface area contributed by atoms with Gasteiger partial charge in [0.1, 0.15) is 0 Å². The van der Waals surface area contributed by atoms with Crippen molar-refractivity contribution in [2.24, 2.45) is 0 Å². The Balaban J connectivity index is 1.09. The molecular formula is C48H29N3Se. The Hall–Kier alpha value is -6.32. The van der Waals surface area contributed by atoms with Crippen LogP contribution in [0.4, 0.5) is 17.1 Å². The summed E-state index contributed by atoms with van der Waals surface area (Å²) in [6.07, 6.45) is 0. The van der Waals surface area contributed by atoms with Crippen LogP contribution in [0.2, 0.25) is 0 Å². The minimum absolute atomic E-state index is 0.296. The molecule has 52 heavy (non-hydrogen) atoms. The average molecular weight is 727 g/mol. The first kappa shape index (κ1) is 28.4. The summed E-state index contributed by atoms with van der Waals surface area (Å²) in [6.45, 7) is 0. The Morgan fingerprint density at radius 3 is 1.81 bits per heavy atom. The molecule has 0 spiro atoms. The molecule has 0 aliphatic rings. The molecule has 12 rings (SSSR count). The fraction of sp³-hybridized carbons (Fsp3) is 0. The van der Waals surface area contributed by atoms with E-state index in [1.54, 1.807) is 0 Å². The van der Waals surface area contributed by atoms with E-state index < -0.39 is 0 Å². The number of nitrogens with zero attached hydrogens (tertiary/aromatic N) is 3. The zero-order chi connectivity index (χ0) is 33.9. The summed E-state index contributed by atoms with van der Waals surface area (Å²) in [4.78, 5) is 2.39. The van der Waals surface area contributed by atoms with Crippen LogP contribution in [0, 0.1) is 0 Å². The van der Waals surface area contributed by atoms with E-state index in [1.807, 2.05) is 0 Å². The normalized spacial score (nSPS) is 12.2. The van der Waals surface area contributed by atoms with E-state index in [9.17, 15) is 0 Å². The van der Waals surface area contributed by atoms with Gasteiger partial charge in [0.15, 0.2) is 0 Å². The predicted molar refractivity (Wildman–Crippen MR) is 222 cm³/mol. The second kappa shape index (κ2) is 10.6. The van der Waals surface area contributed by atoms with Crippen molar-refractivity contribution in [1.82, 2.24) is 8.97 Å². The van der Waals surface area contributed by atoms with Gasteiger partial charge in [0.25, 0.3) is 0 Å². The van der Waals surface area contributed by atoms with Gasteiger partial charge in [0, 0.05) is 16.2 Å². The summed E-state index contributed by atoms with van der Waals surface area (Å²) in [5.41, 5.74) is 10.8. The van der Waals surface area contributed by atoms with Crippen molar-refractivity contribution in [3.63, 3.8) is 0 Å². The average Bonchev–Trinajstić information content (AvgIpc) is 3.83. The van der Waals surface area contributed by atoms with E-state index in [0.717, 1.165) is 17.1 Å². The Morgan fingerprint density at radius 2 is 0.942 bits per heavy atom. The fourth-order valence-corrected chi connectivity index (χ4v) is 11.3. The number of rotatable bonds is 4. The molecule has 0 aliphatic carbocycles. The van der Waals surface area contributed by atoms with Gasteiger partial charge in [-0.15, -0.1) is 0 Å². The maximum atomic E-state index is 2.50. The third kappa shape index (κ3) is 3.80. The minimum atomic E-state index is 0.296. The number of hydrogen-bond donors (Lipinski definition) is 0. The molecule has 3 nitrogen and oxygen atoms in total. The van der Waals surface area contributed by atoms with Crippen molar-refractivity contribution in [3.05, 3.63) is 176 Å². The second-order valence-electron chi connectivity index (χ2n) is 13.7. The number of para-hydroxylation sites is 3. The maximum absolute atomic E-state index is 2.50. The summed E-state index contributed by atoms with van der Waals surface area (Å²) in [7, 11) is 0. The van der Waals surface area contributed by atoms with Gasteiger partial charge in [-0.2, -0.15) is 0 Å². The van der Waals surface area contributed by atoms with Gasteiger partial charge in [0.2, 0.25) is 0 Å². The van der Waals surface area contributed by atoms with Crippen molar-refractivity contribution < 1.29 is 0 Å². The third-order valence-corrected chi connectivity index (χ3v) is 13.4. The molecule has 0 radical (unpaired) electrons. The number of fused-ring (bicyclic) bond motifs is 8. The molecule has 0 atom stereocenters. The van der Waals surface area contributed by atoms with Crippen LogP contribution >= 0.6 is 0 Å². The van der Waals surface area contributed by atoms with E-state index in [-0.39, 0.29) is 0 Å². The Bertz CT molecular complexity index is 3350. The summed E-state index contributed by atoms with van der Waals surface area (Å²) in [6, 6.07) is 65.0. The SMILES string of the molecule is c1ccc(N(c2ccc(-n3c4cccc5c6cccc7c8ccccc8n(c8cccc3c8c54)c67)cc2)c2ccc3c(c2)[se]c2ccccc23)cc1. The van der Waals surface area contributed by atoms with E-state index in [2.05, 4.69) is 190 Å². The summed E-state index contributed by atoms with van der Waals surface area (Å²) in [5, 5.41) is 10.5. The van der Waals surface area contributed by atoms with Gasteiger partial charge in [-0.25, -0.2) is 0 Å². The Kier molecular flexibility index (Phi) is 5.79. The summed E-state index contributed by atoms with van der Waals surface area (Å²) in [5.74, 6) is 0. The number of aromatic nitrogens is 2. The van der Waals surface area contributed by atoms with E-state index in [1.165, 1.54) is 84.9 Å². The first-order valence-corrected chi connectivity index (χ1v) is 19.5. The van der Waals surface area contributed by atoms with Crippen molar-refractivity contribution in [3.8, 4) is 5.69 Å². The molecule has 8 aromatic carbocycles. The molecular weight excluding hydrogens is 698 g/mol. The molecule has 4 heteroatoms. The van der Waals surface area contributed by atoms with E-state index in [4.69, 9.17) is 0 Å². The summed E-state index contributed by atoms with van der Waals surface area (Å²) < 4.78 is 7.87. The van der Waals surface area contributed by atoms with Crippen molar-refractivity contribution >= 4 is 111 Å². The number of hydrogen-bond acceptors (Lipinski definition) is 1. The van der Waals surface area contributed by atoms with Crippen LogP contribution in [0.25, 0.3) is 84.9 Å². The van der Waals surface area contributed by atoms with Crippen LogP contribution in [0.15, 0.2) is 176 Å². The molecule has 0 saturated heterocycles. The molecule has 0 amide bonds. The standard InChI is InChI=1S/C48H29N3Se/c1-2-11-30(12-3-1)49(33-27-28-36-35-14-5-7-22-44(35)52-45(36)29-33)31-23-25-32(26-24-31)50-41-19-9-15-37-39-17-8-16-38-34-13-4-6-18-40(34)51(48(38)39)43-21-10-20-42(50)47(43)46(37)41/h1-29H. The van der Waals surface area contributed by atoms with Gasteiger partial charge in [-0.3, -0.25) is 0 Å². The molecule has 0 saturated carbocycles. The van der Waals surface area contributed by atoms with Gasteiger partial charge >= 0.3 is 220 Å². The number of benzene rings is 8. The van der Waals surface area contributed by atoms with Gasteiger partial charge in [-0.1, -0.05) is 42.5 Å². The van der Waals surface area contributed by atoms with Crippen LogP contribution < -0.4 is 4.90 Å². The molecule has 0 bridgehead atoms. The zero-order valence-electron chi connectivity index (χ0n) is 28.0. The van der Waals surface area contributed by atoms with Crippen LogP contribution in [-0.2, 0) is 0 Å². The zero-order valence-corrected chi connectivity index (χ0v) is 29.7. The molecule has 4 heterocycles. The van der Waals surface area contributed by atoms with Crippen LogP contribution in [-0.4, -0.2) is 23.5 Å². The second-order valence-corrected chi connectivity index (χ2v) is 16.0.